The minimum absolute atomic E-state index is 0.00349. The lowest BCUT2D eigenvalue weighted by Gasteiger charge is -2.40. The van der Waals surface area contributed by atoms with Gasteiger partial charge < -0.3 is 14.4 Å². The first-order valence-corrected chi connectivity index (χ1v) is 11.2. The Bertz CT molecular complexity index is 889. The Morgan fingerprint density at radius 3 is 2.27 bits per heavy atom. The Morgan fingerprint density at radius 2 is 1.85 bits per heavy atom. The second-order valence-corrected chi connectivity index (χ2v) is 10.0. The molecule has 3 rings (SSSR count). The van der Waals surface area contributed by atoms with Crippen molar-refractivity contribution in [3.8, 4) is 0 Å². The van der Waals surface area contributed by atoms with Gasteiger partial charge >= 0.3 is 17.9 Å². The standard InChI is InChI=1S/C13H21NO3.C9H8Cl2F2N2O/c1-12(2,3)17-11(16)14-7-10(8-15)13(9-14)5-4-6-13;1-14-15-8(16)9(12,13)5-2-3-6(10)7(11)4-5/h8,10H,4-7,9H2,1-3H3;2-4,14H,1H3,(H,15,16). The minimum atomic E-state index is -3.67. The number of hydrazine groups is 1. The molecule has 1 unspecified atom stereocenters. The Hall–Kier alpha value is -1.97. The van der Waals surface area contributed by atoms with E-state index in [1.807, 2.05) is 20.8 Å². The number of hydrogen-bond acceptors (Lipinski definition) is 5. The molecular weight excluding hydrogens is 479 g/mol. The molecule has 33 heavy (non-hydrogen) atoms. The van der Waals surface area contributed by atoms with Crippen molar-refractivity contribution in [2.75, 3.05) is 20.1 Å². The third kappa shape index (κ3) is 6.55. The van der Waals surface area contributed by atoms with E-state index >= 15 is 0 Å². The number of carbonyl (C=O) groups is 3. The smallest absolute Gasteiger partial charge is 0.410 e. The van der Waals surface area contributed by atoms with Gasteiger partial charge in [-0.2, -0.15) is 8.78 Å². The largest absolute Gasteiger partial charge is 0.444 e. The second kappa shape index (κ2) is 10.5. The molecule has 2 amide bonds. The summed E-state index contributed by atoms with van der Waals surface area (Å²) < 4.78 is 32.3. The molecule has 1 saturated carbocycles. The van der Waals surface area contributed by atoms with Crippen LogP contribution in [-0.4, -0.2) is 48.9 Å². The van der Waals surface area contributed by atoms with Gasteiger partial charge in [-0.3, -0.25) is 10.2 Å². The highest BCUT2D eigenvalue weighted by atomic mass is 35.5. The van der Waals surface area contributed by atoms with E-state index in [4.69, 9.17) is 27.9 Å². The van der Waals surface area contributed by atoms with E-state index in [-0.39, 0.29) is 27.5 Å². The number of benzene rings is 1. The van der Waals surface area contributed by atoms with Crippen molar-refractivity contribution in [1.29, 1.82) is 0 Å². The molecule has 1 aromatic rings. The van der Waals surface area contributed by atoms with Gasteiger partial charge in [0.15, 0.2) is 0 Å². The topological polar surface area (TPSA) is 87.7 Å². The van der Waals surface area contributed by atoms with Gasteiger partial charge in [0, 0.05) is 31.6 Å². The van der Waals surface area contributed by atoms with E-state index in [0.29, 0.717) is 13.1 Å². The van der Waals surface area contributed by atoms with Crippen molar-refractivity contribution in [1.82, 2.24) is 15.8 Å². The first-order chi connectivity index (χ1) is 15.3. The summed E-state index contributed by atoms with van der Waals surface area (Å²) >= 11 is 11.2. The Labute approximate surface area is 202 Å². The lowest BCUT2D eigenvalue weighted by Crippen LogP contribution is -2.44. The zero-order valence-corrected chi connectivity index (χ0v) is 20.5. The number of carbonyl (C=O) groups excluding carboxylic acids is 3. The van der Waals surface area contributed by atoms with Gasteiger partial charge in [0.2, 0.25) is 0 Å². The molecule has 1 atom stereocenters. The van der Waals surface area contributed by atoms with Crippen molar-refractivity contribution in [3.05, 3.63) is 33.8 Å². The van der Waals surface area contributed by atoms with Gasteiger partial charge in [-0.15, -0.1) is 0 Å². The number of halogens is 4. The molecule has 0 radical (unpaired) electrons. The molecular formula is C22H29Cl2F2N3O4. The third-order valence-electron chi connectivity index (χ3n) is 5.68. The first-order valence-electron chi connectivity index (χ1n) is 10.5. The molecule has 1 aliphatic carbocycles. The van der Waals surface area contributed by atoms with Gasteiger partial charge in [-0.1, -0.05) is 35.7 Å². The molecule has 2 aliphatic rings. The van der Waals surface area contributed by atoms with Gasteiger partial charge in [-0.05, 0) is 51.2 Å². The van der Waals surface area contributed by atoms with E-state index in [1.54, 1.807) is 10.3 Å². The van der Waals surface area contributed by atoms with Crippen LogP contribution >= 0.6 is 23.2 Å². The summed E-state index contributed by atoms with van der Waals surface area (Å²) in [6.45, 7) is 6.79. The summed E-state index contributed by atoms with van der Waals surface area (Å²) in [5.41, 5.74) is 3.01. The number of hydrogen-bond donors (Lipinski definition) is 2. The Kier molecular flexibility index (Phi) is 8.70. The molecule has 0 bridgehead atoms. The lowest BCUT2D eigenvalue weighted by molar-refractivity contribution is -0.148. The second-order valence-electron chi connectivity index (χ2n) is 9.23. The molecule has 1 aliphatic heterocycles. The molecule has 1 spiro atoms. The SMILES string of the molecule is CC(C)(C)OC(=O)N1CC(C=O)C2(CCC2)C1.CNNC(=O)C(F)(F)c1ccc(Cl)c(Cl)c1. The lowest BCUT2D eigenvalue weighted by atomic mass is 9.63. The fraction of sp³-hybridized carbons (Fsp3) is 0.591. The van der Waals surface area contributed by atoms with Gasteiger partial charge in [0.1, 0.15) is 11.9 Å². The van der Waals surface area contributed by atoms with Gasteiger partial charge in [-0.25, -0.2) is 10.2 Å². The fourth-order valence-electron chi connectivity index (χ4n) is 3.82. The fourth-order valence-corrected chi connectivity index (χ4v) is 4.12. The van der Waals surface area contributed by atoms with Crippen LogP contribution in [0.15, 0.2) is 18.2 Å². The summed E-state index contributed by atoms with van der Waals surface area (Å²) in [4.78, 5) is 35.8. The van der Waals surface area contributed by atoms with Crippen molar-refractivity contribution >= 4 is 41.5 Å². The molecule has 0 aromatic heterocycles. The highest BCUT2D eigenvalue weighted by Gasteiger charge is 2.52. The molecule has 2 fully saturated rings. The van der Waals surface area contributed by atoms with Crippen molar-refractivity contribution in [2.24, 2.45) is 11.3 Å². The zero-order chi connectivity index (χ0) is 25.0. The molecule has 1 heterocycles. The van der Waals surface area contributed by atoms with Crippen LogP contribution < -0.4 is 10.9 Å². The average Bonchev–Trinajstić information content (AvgIpc) is 3.10. The molecule has 1 saturated heterocycles. The summed E-state index contributed by atoms with van der Waals surface area (Å²) in [5.74, 6) is -5.13. The summed E-state index contributed by atoms with van der Waals surface area (Å²) in [6.07, 6.45) is 4.04. The average molecular weight is 508 g/mol. The number of alkyl halides is 2. The first kappa shape index (κ1) is 27.3. The molecule has 1 aromatic carbocycles. The van der Waals surface area contributed by atoms with E-state index < -0.39 is 23.0 Å². The molecule has 184 valence electrons. The quantitative estimate of drug-likeness (QED) is 0.460. The summed E-state index contributed by atoms with van der Waals surface area (Å²) in [5, 5.41) is 0.117. The summed E-state index contributed by atoms with van der Waals surface area (Å²) in [6, 6.07) is 3.21. The van der Waals surface area contributed by atoms with Crippen molar-refractivity contribution in [3.63, 3.8) is 0 Å². The maximum absolute atomic E-state index is 13.5. The van der Waals surface area contributed by atoms with E-state index in [1.165, 1.54) is 19.5 Å². The molecule has 7 nitrogen and oxygen atoms in total. The van der Waals surface area contributed by atoms with Crippen LogP contribution in [0, 0.1) is 11.3 Å². The van der Waals surface area contributed by atoms with Crippen LogP contribution in [0.3, 0.4) is 0 Å². The highest BCUT2D eigenvalue weighted by molar-refractivity contribution is 6.42. The van der Waals surface area contributed by atoms with Crippen LogP contribution in [0.25, 0.3) is 0 Å². The number of nitrogens with one attached hydrogen (secondary N) is 2. The van der Waals surface area contributed by atoms with Crippen LogP contribution in [0.2, 0.25) is 10.0 Å². The number of amides is 2. The highest BCUT2D eigenvalue weighted by Crippen LogP contribution is 2.51. The maximum Gasteiger partial charge on any atom is 0.410 e. The van der Waals surface area contributed by atoms with Crippen LogP contribution in [0.4, 0.5) is 13.6 Å². The number of ether oxygens (including phenoxy) is 1. The maximum atomic E-state index is 13.5. The monoisotopic (exact) mass is 507 g/mol. The van der Waals surface area contributed by atoms with Crippen LogP contribution in [-0.2, 0) is 20.2 Å². The predicted molar refractivity (Wildman–Crippen MR) is 121 cm³/mol. The number of rotatable bonds is 4. The molecule has 11 heteroatoms. The Balaban J connectivity index is 0.000000234. The van der Waals surface area contributed by atoms with Gasteiger partial charge in [0.05, 0.1) is 10.0 Å². The number of nitrogens with zero attached hydrogens (tertiary/aromatic N) is 1. The predicted octanol–water partition coefficient (Wildman–Crippen LogP) is 4.56. The minimum Gasteiger partial charge on any atom is -0.444 e. The van der Waals surface area contributed by atoms with Crippen molar-refractivity contribution in [2.45, 2.75) is 51.6 Å². The summed E-state index contributed by atoms with van der Waals surface area (Å²) in [7, 11) is 1.31. The number of aldehydes is 1. The van der Waals surface area contributed by atoms with Crippen molar-refractivity contribution < 1.29 is 27.9 Å². The third-order valence-corrected chi connectivity index (χ3v) is 6.42. The normalized spacial score (nSPS) is 19.3. The van der Waals surface area contributed by atoms with E-state index in [9.17, 15) is 23.2 Å². The zero-order valence-electron chi connectivity index (χ0n) is 19.0. The van der Waals surface area contributed by atoms with E-state index in [0.717, 1.165) is 31.3 Å². The van der Waals surface area contributed by atoms with E-state index in [2.05, 4.69) is 5.43 Å². The van der Waals surface area contributed by atoms with Crippen LogP contribution in [0.5, 0.6) is 0 Å². The molecule has 2 N–H and O–H groups in total. The Morgan fingerprint density at radius 1 is 1.21 bits per heavy atom. The van der Waals surface area contributed by atoms with Crippen LogP contribution in [0.1, 0.15) is 45.6 Å². The number of likely N-dealkylation sites (tertiary alicyclic amines) is 1. The van der Waals surface area contributed by atoms with Gasteiger partial charge in [0.25, 0.3) is 0 Å².